The molecular weight excluding hydrogens is 418 g/mol. The van der Waals surface area contributed by atoms with Gasteiger partial charge in [-0.05, 0) is 43.2 Å². The standard InChI is InChI=1S/C21H21N5O2S2/c1-12(2)17(19(28)25-20-22-11-13(3)29-20)24-18(27)14-6-7-15-16(10-14)30-21(23-15)26-8-4-5-9-26/h4-12,17H,1-3H3,(H,24,27)(H,22,25,28)/t17-/m0/s1. The number of rotatable bonds is 6. The summed E-state index contributed by atoms with van der Waals surface area (Å²) in [5.74, 6) is -0.652. The van der Waals surface area contributed by atoms with Gasteiger partial charge in [-0.25, -0.2) is 9.97 Å². The Hall–Kier alpha value is -3.04. The van der Waals surface area contributed by atoms with Gasteiger partial charge in [0.2, 0.25) is 5.91 Å². The predicted octanol–water partition coefficient (Wildman–Crippen LogP) is 4.25. The summed E-state index contributed by atoms with van der Waals surface area (Å²) in [7, 11) is 0. The second-order valence-corrected chi connectivity index (χ2v) is 9.47. The summed E-state index contributed by atoms with van der Waals surface area (Å²) in [6.45, 7) is 5.72. The number of hydrogen-bond donors (Lipinski definition) is 2. The maximum absolute atomic E-state index is 12.9. The van der Waals surface area contributed by atoms with Crippen LogP contribution >= 0.6 is 22.7 Å². The maximum atomic E-state index is 12.9. The third-order valence-electron chi connectivity index (χ3n) is 4.55. The van der Waals surface area contributed by atoms with Crippen LogP contribution in [0.5, 0.6) is 0 Å². The van der Waals surface area contributed by atoms with Crippen molar-refractivity contribution in [1.29, 1.82) is 0 Å². The first kappa shape index (κ1) is 20.2. The van der Waals surface area contributed by atoms with E-state index in [1.807, 2.05) is 62.0 Å². The number of anilines is 1. The van der Waals surface area contributed by atoms with Crippen LogP contribution in [0.15, 0.2) is 48.9 Å². The zero-order valence-electron chi connectivity index (χ0n) is 16.7. The summed E-state index contributed by atoms with van der Waals surface area (Å²) < 4.78 is 2.85. The van der Waals surface area contributed by atoms with Gasteiger partial charge in [-0.2, -0.15) is 0 Å². The lowest BCUT2D eigenvalue weighted by molar-refractivity contribution is -0.118. The largest absolute Gasteiger partial charge is 0.340 e. The molecule has 4 rings (SSSR count). The molecule has 3 heterocycles. The highest BCUT2D eigenvalue weighted by Crippen LogP contribution is 2.26. The maximum Gasteiger partial charge on any atom is 0.251 e. The summed E-state index contributed by atoms with van der Waals surface area (Å²) in [5, 5.41) is 7.02. The van der Waals surface area contributed by atoms with E-state index in [1.165, 1.54) is 22.7 Å². The molecule has 1 aromatic carbocycles. The number of thiazole rings is 2. The lowest BCUT2D eigenvalue weighted by Crippen LogP contribution is -2.47. The van der Waals surface area contributed by atoms with Crippen molar-refractivity contribution in [3.8, 4) is 5.13 Å². The quantitative estimate of drug-likeness (QED) is 0.470. The van der Waals surface area contributed by atoms with Crippen LogP contribution in [0.3, 0.4) is 0 Å². The molecule has 154 valence electrons. The minimum atomic E-state index is -0.672. The van der Waals surface area contributed by atoms with E-state index in [4.69, 9.17) is 0 Å². The Balaban J connectivity index is 1.51. The van der Waals surface area contributed by atoms with Crippen LogP contribution in [0, 0.1) is 12.8 Å². The summed E-state index contributed by atoms with van der Waals surface area (Å²) in [6.07, 6.45) is 5.57. The molecule has 0 aliphatic carbocycles. The van der Waals surface area contributed by atoms with Gasteiger partial charge in [-0.1, -0.05) is 25.2 Å². The Morgan fingerprint density at radius 1 is 1.13 bits per heavy atom. The minimum Gasteiger partial charge on any atom is -0.340 e. The fourth-order valence-electron chi connectivity index (χ4n) is 2.98. The molecule has 30 heavy (non-hydrogen) atoms. The highest BCUT2D eigenvalue weighted by molar-refractivity contribution is 7.20. The van der Waals surface area contributed by atoms with E-state index in [0.29, 0.717) is 10.7 Å². The number of hydrogen-bond acceptors (Lipinski definition) is 6. The summed E-state index contributed by atoms with van der Waals surface area (Å²) in [5.41, 5.74) is 1.33. The fraction of sp³-hybridized carbons (Fsp3) is 0.238. The lowest BCUT2D eigenvalue weighted by Gasteiger charge is -2.21. The van der Waals surface area contributed by atoms with Crippen molar-refractivity contribution < 1.29 is 9.59 Å². The third kappa shape index (κ3) is 4.27. The first-order valence-corrected chi connectivity index (χ1v) is 11.1. The van der Waals surface area contributed by atoms with E-state index in [9.17, 15) is 9.59 Å². The number of fused-ring (bicyclic) bond motifs is 1. The van der Waals surface area contributed by atoms with E-state index in [0.717, 1.165) is 20.2 Å². The summed E-state index contributed by atoms with van der Waals surface area (Å²) >= 11 is 2.91. The van der Waals surface area contributed by atoms with Crippen molar-refractivity contribution in [3.05, 3.63) is 59.4 Å². The normalized spacial score (nSPS) is 12.3. The number of aromatic nitrogens is 3. The van der Waals surface area contributed by atoms with Gasteiger partial charge >= 0.3 is 0 Å². The summed E-state index contributed by atoms with van der Waals surface area (Å²) in [4.78, 5) is 35.3. The van der Waals surface area contributed by atoms with Gasteiger partial charge in [0.15, 0.2) is 10.3 Å². The van der Waals surface area contributed by atoms with Crippen molar-refractivity contribution in [1.82, 2.24) is 19.9 Å². The number of benzene rings is 1. The smallest absolute Gasteiger partial charge is 0.251 e. The first-order chi connectivity index (χ1) is 14.4. The van der Waals surface area contributed by atoms with Crippen LogP contribution in [0.1, 0.15) is 29.1 Å². The van der Waals surface area contributed by atoms with Gasteiger partial charge in [-0.15, -0.1) is 11.3 Å². The molecule has 0 radical (unpaired) electrons. The first-order valence-electron chi connectivity index (χ1n) is 9.49. The minimum absolute atomic E-state index is 0.0810. The molecule has 2 amide bonds. The number of amides is 2. The molecule has 1 atom stereocenters. The highest BCUT2D eigenvalue weighted by atomic mass is 32.1. The fourth-order valence-corrected chi connectivity index (χ4v) is 4.62. The number of carbonyl (C=O) groups excluding carboxylic acids is 2. The summed E-state index contributed by atoms with van der Waals surface area (Å²) in [6, 6.07) is 8.58. The van der Waals surface area contributed by atoms with Gasteiger partial charge in [0.25, 0.3) is 5.91 Å². The number of nitrogens with one attached hydrogen (secondary N) is 2. The highest BCUT2D eigenvalue weighted by Gasteiger charge is 2.25. The van der Waals surface area contributed by atoms with E-state index in [2.05, 4.69) is 20.6 Å². The van der Waals surface area contributed by atoms with Crippen molar-refractivity contribution in [3.63, 3.8) is 0 Å². The Labute approximate surface area is 181 Å². The second-order valence-electron chi connectivity index (χ2n) is 7.23. The molecule has 0 fully saturated rings. The number of nitrogens with zero attached hydrogens (tertiary/aromatic N) is 3. The van der Waals surface area contributed by atoms with Crippen molar-refractivity contribution in [2.45, 2.75) is 26.8 Å². The molecule has 0 bridgehead atoms. The van der Waals surface area contributed by atoms with Gasteiger partial charge in [0.05, 0.1) is 10.2 Å². The van der Waals surface area contributed by atoms with Gasteiger partial charge in [-0.3, -0.25) is 9.59 Å². The van der Waals surface area contributed by atoms with Crippen LogP contribution in [0.25, 0.3) is 15.3 Å². The number of aryl methyl sites for hydroxylation is 1. The monoisotopic (exact) mass is 439 g/mol. The predicted molar refractivity (Wildman–Crippen MR) is 121 cm³/mol. The van der Waals surface area contributed by atoms with Crippen LogP contribution < -0.4 is 10.6 Å². The van der Waals surface area contributed by atoms with E-state index >= 15 is 0 Å². The van der Waals surface area contributed by atoms with Gasteiger partial charge in [0.1, 0.15) is 6.04 Å². The van der Waals surface area contributed by atoms with E-state index in [-0.39, 0.29) is 17.7 Å². The topological polar surface area (TPSA) is 88.9 Å². The van der Waals surface area contributed by atoms with Crippen molar-refractivity contribution in [2.75, 3.05) is 5.32 Å². The molecule has 3 aromatic heterocycles. The Morgan fingerprint density at radius 3 is 2.57 bits per heavy atom. The Bertz CT molecular complexity index is 1190. The zero-order chi connectivity index (χ0) is 21.3. The molecule has 0 aliphatic heterocycles. The Morgan fingerprint density at radius 2 is 1.90 bits per heavy atom. The van der Waals surface area contributed by atoms with Crippen LogP contribution in [0.4, 0.5) is 5.13 Å². The number of carbonyl (C=O) groups is 2. The third-order valence-corrected chi connectivity index (χ3v) is 6.41. The molecular formula is C21H21N5O2S2. The Kier molecular flexibility index (Phi) is 5.65. The SMILES string of the molecule is Cc1cnc(NC(=O)[C@@H](NC(=O)c2ccc3nc(-n4cccc4)sc3c2)C(C)C)s1. The van der Waals surface area contributed by atoms with E-state index < -0.39 is 6.04 Å². The molecule has 9 heteroatoms. The lowest BCUT2D eigenvalue weighted by atomic mass is 10.0. The molecule has 0 aliphatic rings. The molecule has 0 unspecified atom stereocenters. The van der Waals surface area contributed by atoms with Crippen molar-refractivity contribution >= 4 is 49.8 Å². The second kappa shape index (κ2) is 8.37. The molecule has 0 spiro atoms. The molecule has 2 N–H and O–H groups in total. The van der Waals surface area contributed by atoms with E-state index in [1.54, 1.807) is 12.3 Å². The molecule has 0 saturated heterocycles. The van der Waals surface area contributed by atoms with Crippen LogP contribution in [-0.4, -0.2) is 32.4 Å². The van der Waals surface area contributed by atoms with Crippen LogP contribution in [-0.2, 0) is 4.79 Å². The van der Waals surface area contributed by atoms with Gasteiger partial charge in [0, 0.05) is 29.0 Å². The van der Waals surface area contributed by atoms with Gasteiger partial charge < -0.3 is 15.2 Å². The zero-order valence-corrected chi connectivity index (χ0v) is 18.4. The average Bonchev–Trinajstić information content (AvgIpc) is 3.45. The average molecular weight is 440 g/mol. The van der Waals surface area contributed by atoms with Crippen LogP contribution in [0.2, 0.25) is 0 Å². The van der Waals surface area contributed by atoms with Crippen molar-refractivity contribution in [2.24, 2.45) is 5.92 Å². The molecule has 4 aromatic rings. The molecule has 7 nitrogen and oxygen atoms in total. The molecule has 0 saturated carbocycles.